The first-order valence-corrected chi connectivity index (χ1v) is 10.4. The van der Waals surface area contributed by atoms with Crippen LogP contribution in [0.5, 0.6) is 11.5 Å². The molecule has 5 atom stereocenters. The summed E-state index contributed by atoms with van der Waals surface area (Å²) in [5.74, 6) is -2.55. The largest absolute Gasteiger partial charge is 0.573 e. The standard InChI is InChI=1S/C20H17F6NO9/c1-2-8-3-10(35-20(24,25)26)4-9-5-11(17(19(21,22)23)34-14(8)9)18(28)33-12-6-31-16-13(36-27(29)30)7-32-15(12)16/h3-5,12-13,15-17H,2,6-7H2,1H3. The molecular weight excluding hydrogens is 512 g/mol. The van der Waals surface area contributed by atoms with Crippen LogP contribution < -0.4 is 9.47 Å². The summed E-state index contributed by atoms with van der Waals surface area (Å²) in [4.78, 5) is 27.8. The summed E-state index contributed by atoms with van der Waals surface area (Å²) in [7, 11) is 0. The lowest BCUT2D eigenvalue weighted by atomic mass is 9.97. The summed E-state index contributed by atoms with van der Waals surface area (Å²) in [6.07, 6.45) is -16.6. The second-order valence-electron chi connectivity index (χ2n) is 7.95. The first kappa shape index (κ1) is 25.8. The molecule has 0 saturated carbocycles. The predicted octanol–water partition coefficient (Wildman–Crippen LogP) is 3.14. The number of benzene rings is 1. The number of fused-ring (bicyclic) bond motifs is 2. The number of nitrogens with zero attached hydrogens (tertiary/aromatic N) is 1. The fourth-order valence-corrected chi connectivity index (χ4v) is 4.16. The van der Waals surface area contributed by atoms with Crippen molar-refractivity contribution in [2.75, 3.05) is 13.2 Å². The lowest BCUT2D eigenvalue weighted by Crippen LogP contribution is -2.43. The third kappa shape index (κ3) is 5.28. The van der Waals surface area contributed by atoms with Gasteiger partial charge in [0.05, 0.1) is 18.8 Å². The number of hydrogen-bond donors (Lipinski definition) is 0. The average molecular weight is 529 g/mol. The van der Waals surface area contributed by atoms with Gasteiger partial charge in [-0.25, -0.2) is 4.79 Å². The van der Waals surface area contributed by atoms with E-state index in [4.69, 9.17) is 18.9 Å². The Bertz CT molecular complexity index is 1070. The number of ether oxygens (including phenoxy) is 5. The number of halogens is 6. The van der Waals surface area contributed by atoms with Crippen LogP contribution in [0.3, 0.4) is 0 Å². The molecule has 2 saturated heterocycles. The van der Waals surface area contributed by atoms with Gasteiger partial charge in [-0.2, -0.15) is 13.2 Å². The van der Waals surface area contributed by atoms with Gasteiger partial charge in [-0.1, -0.05) is 6.92 Å². The Hall–Kier alpha value is -3.27. The van der Waals surface area contributed by atoms with Crippen molar-refractivity contribution in [1.82, 2.24) is 0 Å². The second kappa shape index (κ2) is 9.31. The van der Waals surface area contributed by atoms with Crippen LogP contribution in [0.25, 0.3) is 6.08 Å². The normalized spacial score (nSPS) is 27.4. The molecule has 3 aliphatic heterocycles. The molecule has 10 nitrogen and oxygen atoms in total. The van der Waals surface area contributed by atoms with Gasteiger partial charge in [0.1, 0.15) is 23.7 Å². The van der Waals surface area contributed by atoms with Crippen molar-refractivity contribution < 1.29 is 64.7 Å². The second-order valence-corrected chi connectivity index (χ2v) is 7.95. The van der Waals surface area contributed by atoms with Crippen molar-refractivity contribution in [3.8, 4) is 11.5 Å². The minimum atomic E-state index is -5.09. The van der Waals surface area contributed by atoms with Crippen molar-refractivity contribution in [2.24, 2.45) is 0 Å². The molecule has 0 bridgehead atoms. The van der Waals surface area contributed by atoms with Crippen LogP contribution in [0.4, 0.5) is 26.3 Å². The molecule has 0 aliphatic carbocycles. The Morgan fingerprint density at radius 3 is 2.33 bits per heavy atom. The fraction of sp³-hybridized carbons (Fsp3) is 0.550. The first-order valence-electron chi connectivity index (χ1n) is 10.4. The number of carbonyl (C=O) groups excluding carboxylic acids is 1. The van der Waals surface area contributed by atoms with E-state index in [2.05, 4.69) is 9.57 Å². The number of rotatable bonds is 6. The molecule has 1 aromatic carbocycles. The van der Waals surface area contributed by atoms with Gasteiger partial charge in [0.25, 0.3) is 5.09 Å². The van der Waals surface area contributed by atoms with E-state index in [0.29, 0.717) is 0 Å². The van der Waals surface area contributed by atoms with Crippen molar-refractivity contribution in [3.63, 3.8) is 0 Å². The number of hydrogen-bond acceptors (Lipinski definition) is 9. The molecule has 3 heterocycles. The first-order chi connectivity index (χ1) is 16.8. The van der Waals surface area contributed by atoms with Gasteiger partial charge >= 0.3 is 18.5 Å². The molecular formula is C20H17F6NO9. The molecule has 0 N–H and O–H groups in total. The Morgan fingerprint density at radius 1 is 1.11 bits per heavy atom. The SMILES string of the molecule is CCc1cc(OC(F)(F)F)cc2c1OC(C(F)(F)F)C(C(=O)OC1COC3C(O[N+](=O)[O-])COC13)=C2. The van der Waals surface area contributed by atoms with Crippen LogP contribution >= 0.6 is 0 Å². The molecule has 0 radical (unpaired) electrons. The van der Waals surface area contributed by atoms with Crippen LogP contribution in [-0.2, 0) is 30.3 Å². The fourth-order valence-electron chi connectivity index (χ4n) is 4.16. The number of aryl methyl sites for hydroxylation is 1. The molecule has 0 aromatic heterocycles. The topological polar surface area (TPSA) is 116 Å². The molecule has 0 amide bonds. The van der Waals surface area contributed by atoms with Crippen molar-refractivity contribution in [2.45, 2.75) is 56.4 Å². The third-order valence-corrected chi connectivity index (χ3v) is 5.59. The lowest BCUT2D eigenvalue weighted by molar-refractivity contribution is -0.769. The number of carbonyl (C=O) groups is 1. The number of esters is 1. The Balaban J connectivity index is 1.61. The maximum atomic E-state index is 13.8. The quantitative estimate of drug-likeness (QED) is 0.237. The highest BCUT2D eigenvalue weighted by Crippen LogP contribution is 2.42. The summed E-state index contributed by atoms with van der Waals surface area (Å²) >= 11 is 0. The zero-order chi connectivity index (χ0) is 26.4. The smallest absolute Gasteiger partial charge is 0.475 e. The molecule has 16 heteroatoms. The van der Waals surface area contributed by atoms with Crippen molar-refractivity contribution >= 4 is 12.0 Å². The molecule has 198 valence electrons. The van der Waals surface area contributed by atoms with Crippen LogP contribution in [0.1, 0.15) is 18.1 Å². The zero-order valence-corrected chi connectivity index (χ0v) is 18.1. The maximum absolute atomic E-state index is 13.8. The monoisotopic (exact) mass is 529 g/mol. The highest BCUT2D eigenvalue weighted by atomic mass is 19.4. The Kier molecular flexibility index (Phi) is 6.68. The van der Waals surface area contributed by atoms with E-state index in [1.54, 1.807) is 0 Å². The van der Waals surface area contributed by atoms with Gasteiger partial charge < -0.3 is 28.5 Å². The molecule has 0 spiro atoms. The summed E-state index contributed by atoms with van der Waals surface area (Å²) in [6.45, 7) is 0.862. The molecule has 36 heavy (non-hydrogen) atoms. The molecule has 2 fully saturated rings. The van der Waals surface area contributed by atoms with Crippen molar-refractivity contribution in [1.29, 1.82) is 0 Å². The minimum absolute atomic E-state index is 0.00277. The number of alkyl halides is 6. The minimum Gasteiger partial charge on any atom is -0.475 e. The van der Waals surface area contributed by atoms with E-state index >= 15 is 0 Å². The average Bonchev–Trinajstić information content (AvgIpc) is 3.33. The van der Waals surface area contributed by atoms with Crippen LogP contribution in [0.15, 0.2) is 17.7 Å². The maximum Gasteiger partial charge on any atom is 0.573 e. The molecule has 1 aromatic rings. The van der Waals surface area contributed by atoms with E-state index in [1.807, 2.05) is 0 Å². The summed E-state index contributed by atoms with van der Waals surface area (Å²) in [6, 6.07) is 1.68. The lowest BCUT2D eigenvalue weighted by Gasteiger charge is -2.30. The van der Waals surface area contributed by atoms with Gasteiger partial charge in [0.2, 0.25) is 6.10 Å². The highest BCUT2D eigenvalue weighted by molar-refractivity contribution is 5.96. The van der Waals surface area contributed by atoms with Crippen LogP contribution in [0.2, 0.25) is 0 Å². The molecule has 4 rings (SSSR count). The third-order valence-electron chi connectivity index (χ3n) is 5.59. The zero-order valence-electron chi connectivity index (χ0n) is 18.1. The predicted molar refractivity (Wildman–Crippen MR) is 102 cm³/mol. The molecule has 3 aliphatic rings. The Labute approximate surface area is 197 Å². The van der Waals surface area contributed by atoms with E-state index in [-0.39, 0.29) is 36.5 Å². The van der Waals surface area contributed by atoms with E-state index in [1.165, 1.54) is 6.92 Å². The van der Waals surface area contributed by atoms with Gasteiger partial charge in [0.15, 0.2) is 12.2 Å². The van der Waals surface area contributed by atoms with Gasteiger partial charge in [-0.05, 0) is 30.2 Å². The van der Waals surface area contributed by atoms with E-state index < -0.39 is 65.4 Å². The Morgan fingerprint density at radius 2 is 1.75 bits per heavy atom. The van der Waals surface area contributed by atoms with E-state index in [9.17, 15) is 41.3 Å². The summed E-state index contributed by atoms with van der Waals surface area (Å²) in [5.41, 5.74) is -1.29. The van der Waals surface area contributed by atoms with Crippen molar-refractivity contribution in [3.05, 3.63) is 38.9 Å². The van der Waals surface area contributed by atoms with Crippen LogP contribution in [0, 0.1) is 10.1 Å². The summed E-state index contributed by atoms with van der Waals surface area (Å²) in [5, 5.41) is 9.51. The molecule has 5 unspecified atom stereocenters. The van der Waals surface area contributed by atoms with Crippen LogP contribution in [-0.4, -0.2) is 67.3 Å². The van der Waals surface area contributed by atoms with Gasteiger partial charge in [0, 0.05) is 5.56 Å². The summed E-state index contributed by atoms with van der Waals surface area (Å²) < 4.78 is 104. The highest BCUT2D eigenvalue weighted by Gasteiger charge is 2.53. The van der Waals surface area contributed by atoms with E-state index in [0.717, 1.165) is 18.2 Å². The van der Waals surface area contributed by atoms with Gasteiger partial charge in [-0.15, -0.1) is 23.3 Å². The van der Waals surface area contributed by atoms with Gasteiger partial charge in [-0.3, -0.25) is 0 Å².